The number of nitrogen functional groups attached to an aromatic ring is 1. The number of nitrogens with zero attached hydrogens (tertiary/aromatic N) is 5. The molecular weight excluding hydrogens is 283 g/mol. The van der Waals surface area contributed by atoms with Crippen LogP contribution < -0.4 is 10.6 Å². The third kappa shape index (κ3) is 3.35. The van der Waals surface area contributed by atoms with Gasteiger partial charge in [0.25, 0.3) is 0 Å². The molecule has 2 N–H and O–H groups in total. The van der Waals surface area contributed by atoms with Gasteiger partial charge in [0.1, 0.15) is 11.9 Å². The first kappa shape index (κ1) is 15.4. The highest BCUT2D eigenvalue weighted by Gasteiger charge is 2.11. The van der Waals surface area contributed by atoms with Crippen molar-refractivity contribution < 1.29 is 4.39 Å². The van der Waals surface area contributed by atoms with E-state index in [0.717, 1.165) is 0 Å². The van der Waals surface area contributed by atoms with Crippen LogP contribution in [0, 0.1) is 24.1 Å². The molecule has 0 spiro atoms. The number of allylic oxidation sites excluding steroid dienone is 1. The van der Waals surface area contributed by atoms with Gasteiger partial charge in [0.05, 0.1) is 5.57 Å². The Morgan fingerprint density at radius 1 is 1.32 bits per heavy atom. The molecule has 112 valence electrons. The Balaban J connectivity index is 2.50. The zero-order valence-electron chi connectivity index (χ0n) is 12.5. The van der Waals surface area contributed by atoms with Gasteiger partial charge < -0.3 is 10.6 Å². The molecule has 0 aliphatic rings. The molecule has 6 nitrogen and oxygen atoms in total. The van der Waals surface area contributed by atoms with E-state index in [0.29, 0.717) is 17.1 Å². The first-order valence-electron chi connectivity index (χ1n) is 6.48. The molecule has 0 saturated heterocycles. The van der Waals surface area contributed by atoms with Crippen molar-refractivity contribution in [2.75, 3.05) is 24.7 Å². The van der Waals surface area contributed by atoms with E-state index < -0.39 is 0 Å². The number of hydrogen-bond acceptors (Lipinski definition) is 6. The Bertz CT molecular complexity index is 776. The van der Waals surface area contributed by atoms with Gasteiger partial charge >= 0.3 is 0 Å². The minimum Gasteiger partial charge on any atom is -0.368 e. The van der Waals surface area contributed by atoms with E-state index in [2.05, 4.69) is 15.0 Å². The fourth-order valence-corrected chi connectivity index (χ4v) is 1.77. The van der Waals surface area contributed by atoms with Gasteiger partial charge in [-0.25, -0.2) is 4.39 Å². The Kier molecular flexibility index (Phi) is 4.32. The van der Waals surface area contributed by atoms with Crippen LogP contribution in [0.25, 0.3) is 11.6 Å². The van der Waals surface area contributed by atoms with Crippen molar-refractivity contribution in [1.29, 1.82) is 5.26 Å². The Labute approximate surface area is 127 Å². The molecule has 0 unspecified atom stereocenters. The van der Waals surface area contributed by atoms with E-state index in [1.165, 1.54) is 6.07 Å². The van der Waals surface area contributed by atoms with E-state index in [-0.39, 0.29) is 23.2 Å². The Hall–Kier alpha value is -3.01. The van der Waals surface area contributed by atoms with Crippen molar-refractivity contribution in [3.8, 4) is 6.07 Å². The standard InChI is InChI=1S/C15H15FN6/c1-9-6-10(4-5-12(9)16)7-11(8-17)13-19-14(18)21-15(20-13)22(2)3/h4-7H,1-3H3,(H2,18,19,20,21)/b11-7-. The van der Waals surface area contributed by atoms with Gasteiger partial charge in [-0.3, -0.25) is 0 Å². The van der Waals surface area contributed by atoms with E-state index >= 15 is 0 Å². The third-order valence-electron chi connectivity index (χ3n) is 2.90. The quantitative estimate of drug-likeness (QED) is 0.872. The van der Waals surface area contributed by atoms with Gasteiger partial charge in [0.2, 0.25) is 11.9 Å². The lowest BCUT2D eigenvalue weighted by molar-refractivity contribution is 0.618. The van der Waals surface area contributed by atoms with Gasteiger partial charge in [-0.15, -0.1) is 0 Å². The molecule has 0 aliphatic carbocycles. The van der Waals surface area contributed by atoms with Crippen LogP contribution in [0.3, 0.4) is 0 Å². The smallest absolute Gasteiger partial charge is 0.230 e. The number of aryl methyl sites for hydroxylation is 1. The normalized spacial score (nSPS) is 11.1. The van der Waals surface area contributed by atoms with Crippen molar-refractivity contribution >= 4 is 23.5 Å². The molecule has 1 aromatic heterocycles. The first-order valence-corrected chi connectivity index (χ1v) is 6.48. The van der Waals surface area contributed by atoms with Crippen molar-refractivity contribution in [2.24, 2.45) is 0 Å². The molecule has 1 aromatic carbocycles. The molecule has 0 saturated carbocycles. The van der Waals surface area contributed by atoms with Crippen LogP contribution in [-0.4, -0.2) is 29.0 Å². The maximum absolute atomic E-state index is 13.3. The summed E-state index contributed by atoms with van der Waals surface area (Å²) in [5, 5.41) is 9.34. The average Bonchev–Trinajstić information content (AvgIpc) is 2.47. The maximum Gasteiger partial charge on any atom is 0.230 e. The molecule has 0 aliphatic heterocycles. The number of rotatable bonds is 3. The second kappa shape index (κ2) is 6.18. The maximum atomic E-state index is 13.3. The monoisotopic (exact) mass is 298 g/mol. The molecule has 0 radical (unpaired) electrons. The average molecular weight is 298 g/mol. The summed E-state index contributed by atoms with van der Waals surface area (Å²) in [6.45, 7) is 1.66. The van der Waals surface area contributed by atoms with Gasteiger partial charge in [-0.05, 0) is 36.3 Å². The molecule has 22 heavy (non-hydrogen) atoms. The SMILES string of the molecule is Cc1cc(/C=C(/C#N)c2nc(N)nc(N(C)C)n2)ccc1F. The number of benzene rings is 1. The third-order valence-corrected chi connectivity index (χ3v) is 2.90. The minimum atomic E-state index is -0.296. The molecule has 0 atom stereocenters. The lowest BCUT2D eigenvalue weighted by Crippen LogP contribution is -2.15. The summed E-state index contributed by atoms with van der Waals surface area (Å²) in [7, 11) is 3.52. The number of hydrogen-bond donors (Lipinski definition) is 1. The molecule has 2 aromatic rings. The summed E-state index contributed by atoms with van der Waals surface area (Å²) in [5.41, 5.74) is 7.05. The first-order chi connectivity index (χ1) is 10.4. The van der Waals surface area contributed by atoms with E-state index in [4.69, 9.17) is 5.73 Å². The Morgan fingerprint density at radius 3 is 2.64 bits per heavy atom. The highest BCUT2D eigenvalue weighted by atomic mass is 19.1. The van der Waals surface area contributed by atoms with E-state index in [1.54, 1.807) is 44.1 Å². The summed E-state index contributed by atoms with van der Waals surface area (Å²) >= 11 is 0. The zero-order valence-corrected chi connectivity index (χ0v) is 12.5. The highest BCUT2D eigenvalue weighted by Crippen LogP contribution is 2.18. The van der Waals surface area contributed by atoms with Gasteiger partial charge in [0, 0.05) is 14.1 Å². The van der Waals surface area contributed by atoms with Crippen LogP contribution in [0.5, 0.6) is 0 Å². The summed E-state index contributed by atoms with van der Waals surface area (Å²) in [4.78, 5) is 13.8. The van der Waals surface area contributed by atoms with Gasteiger partial charge in [-0.2, -0.15) is 20.2 Å². The summed E-state index contributed by atoms with van der Waals surface area (Å²) in [6.07, 6.45) is 1.58. The molecule has 0 amide bonds. The number of nitrogens with two attached hydrogens (primary N) is 1. The van der Waals surface area contributed by atoms with Crippen LogP contribution in [-0.2, 0) is 0 Å². The molecule has 1 heterocycles. The van der Waals surface area contributed by atoms with Crippen LogP contribution in [0.2, 0.25) is 0 Å². The Morgan fingerprint density at radius 2 is 2.05 bits per heavy atom. The minimum absolute atomic E-state index is 0.0325. The van der Waals surface area contributed by atoms with E-state index in [1.807, 2.05) is 6.07 Å². The molecule has 7 heteroatoms. The van der Waals surface area contributed by atoms with Crippen molar-refractivity contribution in [3.63, 3.8) is 0 Å². The molecule has 0 fully saturated rings. The summed E-state index contributed by atoms with van der Waals surface area (Å²) in [6, 6.07) is 6.61. The predicted molar refractivity (Wildman–Crippen MR) is 83.2 cm³/mol. The molecular formula is C15H15FN6. The van der Waals surface area contributed by atoms with Crippen LogP contribution in [0.15, 0.2) is 18.2 Å². The predicted octanol–water partition coefficient (Wildman–Crippen LogP) is 2.03. The lowest BCUT2D eigenvalue weighted by atomic mass is 10.1. The van der Waals surface area contributed by atoms with Crippen LogP contribution >= 0.6 is 0 Å². The molecule has 2 rings (SSSR count). The number of aromatic nitrogens is 3. The van der Waals surface area contributed by atoms with Crippen molar-refractivity contribution in [3.05, 3.63) is 41.0 Å². The second-order valence-electron chi connectivity index (χ2n) is 4.89. The van der Waals surface area contributed by atoms with Gasteiger partial charge in [0.15, 0.2) is 5.82 Å². The zero-order chi connectivity index (χ0) is 16.3. The fraction of sp³-hybridized carbons (Fsp3) is 0.200. The topological polar surface area (TPSA) is 91.7 Å². The second-order valence-corrected chi connectivity index (χ2v) is 4.89. The molecule has 0 bridgehead atoms. The van der Waals surface area contributed by atoms with Crippen molar-refractivity contribution in [2.45, 2.75) is 6.92 Å². The van der Waals surface area contributed by atoms with Gasteiger partial charge in [-0.1, -0.05) is 6.07 Å². The lowest BCUT2D eigenvalue weighted by Gasteiger charge is -2.11. The van der Waals surface area contributed by atoms with E-state index in [9.17, 15) is 9.65 Å². The number of halogens is 1. The number of nitriles is 1. The van der Waals surface area contributed by atoms with Crippen LogP contribution in [0.1, 0.15) is 17.0 Å². The van der Waals surface area contributed by atoms with Crippen molar-refractivity contribution in [1.82, 2.24) is 15.0 Å². The summed E-state index contributed by atoms with van der Waals surface area (Å²) in [5.74, 6) is 0.278. The van der Waals surface area contributed by atoms with Crippen LogP contribution in [0.4, 0.5) is 16.3 Å². The highest BCUT2D eigenvalue weighted by molar-refractivity contribution is 5.87. The largest absolute Gasteiger partial charge is 0.368 e. The fourth-order valence-electron chi connectivity index (χ4n) is 1.77. The number of anilines is 2. The summed E-state index contributed by atoms with van der Waals surface area (Å²) < 4.78 is 13.3.